The number of hydrogen-bond acceptors (Lipinski definition) is 4. The summed E-state index contributed by atoms with van der Waals surface area (Å²) in [5.41, 5.74) is 6.36. The summed E-state index contributed by atoms with van der Waals surface area (Å²) in [6.45, 7) is 0. The number of nitrogens with two attached hydrogens (primary N) is 1. The standard InChI is InChI=1S/C13H13BrN2O3S/c1-16(10-3-5-11(17)6-4-10)20(18,19)13-8-9(14)2-7-12(13)15/h2-8,17H,15H2,1H3. The fourth-order valence-electron chi connectivity index (χ4n) is 1.68. The minimum Gasteiger partial charge on any atom is -0.508 e. The van der Waals surface area contributed by atoms with Gasteiger partial charge in [0.15, 0.2) is 0 Å². The number of nitrogens with zero attached hydrogens (tertiary/aromatic N) is 1. The van der Waals surface area contributed by atoms with Crippen LogP contribution in [-0.4, -0.2) is 20.6 Å². The first-order valence-electron chi connectivity index (χ1n) is 5.65. The molecule has 106 valence electrons. The van der Waals surface area contributed by atoms with Crippen molar-refractivity contribution in [1.82, 2.24) is 0 Å². The Morgan fingerprint density at radius 3 is 2.35 bits per heavy atom. The maximum Gasteiger partial charge on any atom is 0.266 e. The molecular weight excluding hydrogens is 344 g/mol. The smallest absolute Gasteiger partial charge is 0.266 e. The molecule has 0 saturated heterocycles. The predicted molar refractivity (Wildman–Crippen MR) is 82.3 cm³/mol. The molecule has 2 rings (SSSR count). The minimum absolute atomic E-state index is 0.0300. The van der Waals surface area contributed by atoms with Crippen LogP contribution < -0.4 is 10.0 Å². The summed E-state index contributed by atoms with van der Waals surface area (Å²) in [7, 11) is -2.33. The van der Waals surface area contributed by atoms with Crippen molar-refractivity contribution in [2.45, 2.75) is 4.90 Å². The highest BCUT2D eigenvalue weighted by Crippen LogP contribution is 2.29. The Hall–Kier alpha value is -1.73. The average Bonchev–Trinajstić information content (AvgIpc) is 2.41. The van der Waals surface area contributed by atoms with Gasteiger partial charge in [0.1, 0.15) is 10.6 Å². The van der Waals surface area contributed by atoms with Gasteiger partial charge < -0.3 is 10.8 Å². The summed E-state index contributed by atoms with van der Waals surface area (Å²) in [6, 6.07) is 10.5. The van der Waals surface area contributed by atoms with E-state index in [0.717, 1.165) is 4.31 Å². The molecular formula is C13H13BrN2O3S. The molecule has 0 aliphatic rings. The van der Waals surface area contributed by atoms with Crippen LogP contribution in [0.25, 0.3) is 0 Å². The maximum absolute atomic E-state index is 12.6. The number of benzene rings is 2. The van der Waals surface area contributed by atoms with Crippen LogP contribution in [0.15, 0.2) is 51.8 Å². The molecule has 0 bridgehead atoms. The number of phenolic OH excluding ortho intramolecular Hbond substituents is 1. The lowest BCUT2D eigenvalue weighted by Crippen LogP contribution is -2.27. The zero-order valence-corrected chi connectivity index (χ0v) is 13.0. The number of rotatable bonds is 3. The van der Waals surface area contributed by atoms with Gasteiger partial charge in [-0.05, 0) is 42.5 Å². The van der Waals surface area contributed by atoms with Crippen LogP contribution in [0, 0.1) is 0 Å². The molecule has 0 amide bonds. The van der Waals surface area contributed by atoms with E-state index in [1.165, 1.54) is 43.4 Å². The van der Waals surface area contributed by atoms with E-state index in [-0.39, 0.29) is 16.3 Å². The Kier molecular flexibility index (Phi) is 3.92. The van der Waals surface area contributed by atoms with E-state index in [4.69, 9.17) is 5.73 Å². The molecule has 0 aromatic heterocycles. The van der Waals surface area contributed by atoms with Gasteiger partial charge in [0.25, 0.3) is 10.0 Å². The predicted octanol–water partition coefficient (Wildman–Crippen LogP) is 2.56. The summed E-state index contributed by atoms with van der Waals surface area (Å²) in [6.07, 6.45) is 0. The molecule has 2 aromatic rings. The van der Waals surface area contributed by atoms with Crippen LogP contribution in [0.4, 0.5) is 11.4 Å². The zero-order chi connectivity index (χ0) is 14.9. The van der Waals surface area contributed by atoms with Crippen molar-refractivity contribution in [2.24, 2.45) is 0 Å². The van der Waals surface area contributed by atoms with Crippen LogP contribution in [0.5, 0.6) is 5.75 Å². The first-order chi connectivity index (χ1) is 9.32. The molecule has 0 unspecified atom stereocenters. The summed E-state index contributed by atoms with van der Waals surface area (Å²) in [5, 5.41) is 9.24. The molecule has 0 saturated carbocycles. The normalized spacial score (nSPS) is 11.3. The first-order valence-corrected chi connectivity index (χ1v) is 7.88. The highest BCUT2D eigenvalue weighted by Gasteiger charge is 2.24. The summed E-state index contributed by atoms with van der Waals surface area (Å²) in [5.74, 6) is 0.0708. The number of halogens is 1. The molecule has 3 N–H and O–H groups in total. The van der Waals surface area contributed by atoms with E-state index in [1.54, 1.807) is 6.07 Å². The number of aromatic hydroxyl groups is 1. The molecule has 7 heteroatoms. The fourth-order valence-corrected chi connectivity index (χ4v) is 3.53. The lowest BCUT2D eigenvalue weighted by Gasteiger charge is -2.20. The molecule has 0 aliphatic carbocycles. The Balaban J connectivity index is 2.49. The Morgan fingerprint density at radius 2 is 1.75 bits per heavy atom. The highest BCUT2D eigenvalue weighted by atomic mass is 79.9. The monoisotopic (exact) mass is 356 g/mol. The first kappa shape index (κ1) is 14.7. The van der Waals surface area contributed by atoms with Crippen molar-refractivity contribution in [3.05, 3.63) is 46.9 Å². The van der Waals surface area contributed by atoms with Crippen molar-refractivity contribution in [3.8, 4) is 5.75 Å². The van der Waals surface area contributed by atoms with E-state index in [2.05, 4.69) is 15.9 Å². The summed E-state index contributed by atoms with van der Waals surface area (Å²) < 4.78 is 26.9. The maximum atomic E-state index is 12.6. The van der Waals surface area contributed by atoms with Gasteiger partial charge in [0.05, 0.1) is 11.4 Å². The second-order valence-electron chi connectivity index (χ2n) is 4.17. The van der Waals surface area contributed by atoms with Gasteiger partial charge in [0, 0.05) is 11.5 Å². The van der Waals surface area contributed by atoms with Gasteiger partial charge in [-0.3, -0.25) is 4.31 Å². The van der Waals surface area contributed by atoms with Crippen LogP contribution in [-0.2, 0) is 10.0 Å². The van der Waals surface area contributed by atoms with Crippen LogP contribution in [0.1, 0.15) is 0 Å². The lowest BCUT2D eigenvalue weighted by molar-refractivity contribution is 0.475. The number of sulfonamides is 1. The minimum atomic E-state index is -3.76. The fraction of sp³-hybridized carbons (Fsp3) is 0.0769. The molecule has 0 heterocycles. The lowest BCUT2D eigenvalue weighted by atomic mass is 10.3. The highest BCUT2D eigenvalue weighted by molar-refractivity contribution is 9.10. The van der Waals surface area contributed by atoms with Gasteiger partial charge in [-0.1, -0.05) is 15.9 Å². The second kappa shape index (κ2) is 5.34. The van der Waals surface area contributed by atoms with E-state index in [1.807, 2.05) is 0 Å². The quantitative estimate of drug-likeness (QED) is 0.827. The van der Waals surface area contributed by atoms with Crippen LogP contribution in [0.2, 0.25) is 0 Å². The van der Waals surface area contributed by atoms with Gasteiger partial charge >= 0.3 is 0 Å². The topological polar surface area (TPSA) is 83.6 Å². The van der Waals surface area contributed by atoms with E-state index < -0.39 is 10.0 Å². The van der Waals surface area contributed by atoms with E-state index in [0.29, 0.717) is 10.2 Å². The SMILES string of the molecule is CN(c1ccc(O)cc1)S(=O)(=O)c1cc(Br)ccc1N. The number of anilines is 2. The van der Waals surface area contributed by atoms with Crippen LogP contribution in [0.3, 0.4) is 0 Å². The molecule has 0 atom stereocenters. The zero-order valence-electron chi connectivity index (χ0n) is 10.6. The van der Waals surface area contributed by atoms with Gasteiger partial charge in [-0.25, -0.2) is 8.42 Å². The summed E-state index contributed by atoms with van der Waals surface area (Å²) >= 11 is 3.23. The average molecular weight is 357 g/mol. The van der Waals surface area contributed by atoms with Crippen molar-refractivity contribution in [1.29, 1.82) is 0 Å². The number of nitrogen functional groups attached to an aromatic ring is 1. The summed E-state index contributed by atoms with van der Waals surface area (Å²) in [4.78, 5) is 0.0300. The van der Waals surface area contributed by atoms with Crippen molar-refractivity contribution >= 4 is 37.3 Å². The molecule has 5 nitrogen and oxygen atoms in total. The van der Waals surface area contributed by atoms with Gasteiger partial charge in [0.2, 0.25) is 0 Å². The Bertz CT molecular complexity index is 730. The van der Waals surface area contributed by atoms with E-state index >= 15 is 0 Å². The molecule has 20 heavy (non-hydrogen) atoms. The Morgan fingerprint density at radius 1 is 1.15 bits per heavy atom. The van der Waals surface area contributed by atoms with Gasteiger partial charge in [-0.15, -0.1) is 0 Å². The largest absolute Gasteiger partial charge is 0.508 e. The molecule has 0 radical (unpaired) electrons. The van der Waals surface area contributed by atoms with Crippen molar-refractivity contribution in [3.63, 3.8) is 0 Å². The van der Waals surface area contributed by atoms with Crippen molar-refractivity contribution in [2.75, 3.05) is 17.1 Å². The van der Waals surface area contributed by atoms with Crippen LogP contribution >= 0.6 is 15.9 Å². The number of hydrogen-bond donors (Lipinski definition) is 2. The van der Waals surface area contributed by atoms with Crippen molar-refractivity contribution < 1.29 is 13.5 Å². The second-order valence-corrected chi connectivity index (χ2v) is 7.02. The molecule has 0 fully saturated rings. The molecule has 2 aromatic carbocycles. The number of phenols is 1. The third kappa shape index (κ3) is 2.73. The third-order valence-corrected chi connectivity index (χ3v) is 5.16. The molecule has 0 aliphatic heterocycles. The van der Waals surface area contributed by atoms with Gasteiger partial charge in [-0.2, -0.15) is 0 Å². The van der Waals surface area contributed by atoms with E-state index in [9.17, 15) is 13.5 Å². The Labute approximate surface area is 125 Å². The molecule has 0 spiro atoms. The third-order valence-electron chi connectivity index (χ3n) is 2.83.